The van der Waals surface area contributed by atoms with Gasteiger partial charge in [-0.15, -0.1) is 0 Å². The Balaban J connectivity index is -0.00000000214. The third kappa shape index (κ3) is 26.6. The summed E-state index contributed by atoms with van der Waals surface area (Å²) in [5, 5.41) is 0. The Kier molecular flexibility index (Phi) is 72.9. The van der Waals surface area contributed by atoms with Crippen molar-refractivity contribution in [2.45, 2.75) is 0 Å². The van der Waals surface area contributed by atoms with Crippen molar-refractivity contribution in [3.8, 4) is 0 Å². The maximum Gasteiger partial charge on any atom is 2.00 e. The Morgan fingerprint density at radius 2 is 1.14 bits per heavy atom. The summed E-state index contributed by atoms with van der Waals surface area (Å²) in [6.45, 7) is 1.19. The fourth-order valence-electron chi connectivity index (χ4n) is 0. The van der Waals surface area contributed by atoms with Crippen molar-refractivity contribution in [1.29, 1.82) is 0 Å². The van der Waals surface area contributed by atoms with E-state index < -0.39 is 0 Å². The fraction of sp³-hybridized carbons (Fsp3) is 1.00. The van der Waals surface area contributed by atoms with Gasteiger partial charge in [-0.2, -0.15) is 0 Å². The first-order chi connectivity index (χ1) is 1.91. The Labute approximate surface area is 132 Å². The van der Waals surface area contributed by atoms with E-state index in [9.17, 15) is 0 Å². The van der Waals surface area contributed by atoms with E-state index >= 15 is 0 Å². The first-order valence-corrected chi connectivity index (χ1v) is 1.32. The van der Waals surface area contributed by atoms with Crippen LogP contribution in [-0.4, -0.2) is 58.6 Å². The zero-order valence-corrected chi connectivity index (χ0v) is 12.8. The molecule has 0 amide bonds. The quantitative estimate of drug-likeness (QED) is 0.411. The summed E-state index contributed by atoms with van der Waals surface area (Å²) in [7, 11) is 0. The van der Waals surface area contributed by atoms with Crippen molar-refractivity contribution in [2.75, 3.05) is 13.1 Å². The van der Waals surface area contributed by atoms with Gasteiger partial charge in [-0.25, -0.2) is 0 Å². The molecule has 0 unspecified atom stereocenters. The topological polar surface area (TPSA) is 52.0 Å². The predicted octanol–water partition coefficient (Wildman–Crippen LogP) is -7.02. The SMILES string of the molecule is NCCN.[H-].[H-].[H-].[H-].[Na+].[Na+].[Sr+2]. The number of hydrogen-bond donors (Lipinski definition) is 2. The molecule has 34 valence electrons. The molecule has 0 bridgehead atoms. The summed E-state index contributed by atoms with van der Waals surface area (Å²) in [6.07, 6.45) is 0. The van der Waals surface area contributed by atoms with Crippen molar-refractivity contribution in [3.05, 3.63) is 0 Å². The molecule has 0 aromatic heterocycles. The molecule has 0 radical (unpaired) electrons. The maximum absolute atomic E-state index is 4.90. The zero-order chi connectivity index (χ0) is 3.41. The Morgan fingerprint density at radius 3 is 1.14 bits per heavy atom. The minimum absolute atomic E-state index is 0. The molecule has 0 aromatic carbocycles. The molecule has 7 heavy (non-hydrogen) atoms. The molecular weight excluding hydrogens is 186 g/mol. The van der Waals surface area contributed by atoms with Gasteiger partial charge in [0.15, 0.2) is 0 Å². The molecule has 0 aromatic rings. The molecule has 0 heterocycles. The molecule has 0 saturated carbocycles. The van der Waals surface area contributed by atoms with Crippen LogP contribution in [0.5, 0.6) is 0 Å². The summed E-state index contributed by atoms with van der Waals surface area (Å²) >= 11 is 0. The second kappa shape index (κ2) is 22.7. The van der Waals surface area contributed by atoms with Gasteiger partial charge in [0.2, 0.25) is 0 Å². The van der Waals surface area contributed by atoms with Gasteiger partial charge in [-0.3, -0.25) is 0 Å². The predicted molar refractivity (Wildman–Crippen MR) is 28.3 cm³/mol. The van der Waals surface area contributed by atoms with E-state index in [1.807, 2.05) is 0 Å². The van der Waals surface area contributed by atoms with Crippen LogP contribution in [0.1, 0.15) is 5.71 Å². The van der Waals surface area contributed by atoms with E-state index in [1.54, 1.807) is 0 Å². The molecule has 0 aliphatic rings. The average Bonchev–Trinajstić information content (AvgIpc) is 1.37. The number of hydrogen-bond acceptors (Lipinski definition) is 2. The molecule has 0 atom stereocenters. The Morgan fingerprint density at radius 1 is 1.00 bits per heavy atom. The van der Waals surface area contributed by atoms with Crippen molar-refractivity contribution >= 4 is 45.5 Å². The van der Waals surface area contributed by atoms with Crippen LogP contribution in [0.25, 0.3) is 0 Å². The fourth-order valence-corrected chi connectivity index (χ4v) is 0. The third-order valence-electron chi connectivity index (χ3n) is 0.167. The van der Waals surface area contributed by atoms with Gasteiger partial charge in [0.1, 0.15) is 0 Å². The van der Waals surface area contributed by atoms with Crippen molar-refractivity contribution in [3.63, 3.8) is 0 Å². The monoisotopic (exact) mass is 198 g/mol. The molecule has 2 nitrogen and oxygen atoms in total. The molecule has 4 N–H and O–H groups in total. The van der Waals surface area contributed by atoms with Crippen LogP contribution in [0.2, 0.25) is 0 Å². The van der Waals surface area contributed by atoms with Crippen molar-refractivity contribution < 1.29 is 64.8 Å². The Hall–Kier alpha value is 3.40. The standard InChI is InChI=1S/C2H8N2.2Na.Sr.4H/c3-1-2-4;;;;;;;/h1-4H2;;;;;;;/q;2*+1;+2;4*-1. The van der Waals surface area contributed by atoms with Crippen molar-refractivity contribution in [1.82, 2.24) is 0 Å². The molecule has 0 fully saturated rings. The largest absolute Gasteiger partial charge is 2.00 e. The first-order valence-electron chi connectivity index (χ1n) is 1.32. The van der Waals surface area contributed by atoms with Gasteiger partial charge in [0.25, 0.3) is 0 Å². The molecular formula is C2H12N2Na2Sr. The van der Waals surface area contributed by atoms with Crippen LogP contribution in [-0.2, 0) is 0 Å². The minimum atomic E-state index is 0. The second-order valence-electron chi connectivity index (χ2n) is 0.577. The smallest absolute Gasteiger partial charge is 1.00 e. The summed E-state index contributed by atoms with van der Waals surface area (Å²) in [5.74, 6) is 0. The summed E-state index contributed by atoms with van der Waals surface area (Å²) in [4.78, 5) is 0. The van der Waals surface area contributed by atoms with Gasteiger partial charge >= 0.3 is 105 Å². The zero-order valence-electron chi connectivity index (χ0n) is 9.28. The van der Waals surface area contributed by atoms with E-state index in [-0.39, 0.29) is 110 Å². The third-order valence-corrected chi connectivity index (χ3v) is 0.167. The van der Waals surface area contributed by atoms with Gasteiger partial charge in [-0.1, -0.05) is 0 Å². The van der Waals surface area contributed by atoms with E-state index in [0.29, 0.717) is 13.1 Å². The van der Waals surface area contributed by atoms with Crippen LogP contribution in [0.3, 0.4) is 0 Å². The molecule has 5 heteroatoms. The van der Waals surface area contributed by atoms with E-state index in [4.69, 9.17) is 11.5 Å². The summed E-state index contributed by atoms with van der Waals surface area (Å²) in [5.41, 5.74) is 9.81. The van der Waals surface area contributed by atoms with Crippen LogP contribution in [0, 0.1) is 0 Å². The normalized spacial score (nSPS) is 4.29. The van der Waals surface area contributed by atoms with E-state index in [0.717, 1.165) is 0 Å². The molecule has 0 rings (SSSR count). The van der Waals surface area contributed by atoms with Gasteiger partial charge in [0.05, 0.1) is 0 Å². The first kappa shape index (κ1) is 22.4. The van der Waals surface area contributed by atoms with Crippen molar-refractivity contribution in [2.24, 2.45) is 11.5 Å². The Bertz CT molecular complexity index is 26.1. The van der Waals surface area contributed by atoms with Gasteiger partial charge in [-0.05, 0) is 0 Å². The van der Waals surface area contributed by atoms with E-state index in [2.05, 4.69) is 0 Å². The van der Waals surface area contributed by atoms with Gasteiger partial charge < -0.3 is 17.2 Å². The van der Waals surface area contributed by atoms with Gasteiger partial charge in [0, 0.05) is 13.1 Å². The molecule has 0 aliphatic carbocycles. The average molecular weight is 198 g/mol. The van der Waals surface area contributed by atoms with Crippen LogP contribution < -0.4 is 70.6 Å². The summed E-state index contributed by atoms with van der Waals surface area (Å²) < 4.78 is 0. The maximum atomic E-state index is 4.90. The number of rotatable bonds is 1. The summed E-state index contributed by atoms with van der Waals surface area (Å²) in [6, 6.07) is 0. The second-order valence-corrected chi connectivity index (χ2v) is 0.577. The molecule has 0 spiro atoms. The van der Waals surface area contributed by atoms with E-state index in [1.165, 1.54) is 0 Å². The molecule has 0 saturated heterocycles. The van der Waals surface area contributed by atoms with Crippen LogP contribution >= 0.6 is 0 Å². The minimum Gasteiger partial charge on any atom is -1.00 e. The van der Waals surface area contributed by atoms with Crippen LogP contribution in [0.4, 0.5) is 0 Å². The number of nitrogens with two attached hydrogens (primary N) is 2. The molecule has 0 aliphatic heterocycles. The van der Waals surface area contributed by atoms with Crippen LogP contribution in [0.15, 0.2) is 0 Å².